The third-order valence-corrected chi connectivity index (χ3v) is 2.59. The molecule has 3 N–H and O–H groups in total. The third kappa shape index (κ3) is 2.19. The van der Waals surface area contributed by atoms with Crippen LogP contribution in [0.25, 0.3) is 10.9 Å². The lowest BCUT2D eigenvalue weighted by Crippen LogP contribution is -2.28. The van der Waals surface area contributed by atoms with E-state index in [0.717, 1.165) is 6.54 Å². The molecule has 0 bridgehead atoms. The first-order valence-electron chi connectivity index (χ1n) is 5.20. The molecule has 1 heterocycles. The van der Waals surface area contributed by atoms with E-state index in [2.05, 4.69) is 34.6 Å². The fourth-order valence-corrected chi connectivity index (χ4v) is 1.65. The molecule has 0 radical (unpaired) electrons. The van der Waals surface area contributed by atoms with Crippen molar-refractivity contribution in [2.24, 2.45) is 0 Å². The van der Waals surface area contributed by atoms with E-state index in [1.165, 1.54) is 16.5 Å². The Hall–Kier alpha value is -1.32. The Morgan fingerprint density at radius 1 is 1.40 bits per heavy atom. The molecule has 0 saturated heterocycles. The van der Waals surface area contributed by atoms with E-state index in [1.807, 2.05) is 13.1 Å². The molecular formula is C12H16N2O. The maximum Gasteiger partial charge on any atom is 0.0582 e. The lowest BCUT2D eigenvalue weighted by Gasteiger charge is -2.11. The van der Waals surface area contributed by atoms with Gasteiger partial charge in [0.25, 0.3) is 0 Å². The molecule has 3 nitrogen and oxygen atoms in total. The fraction of sp³-hybridized carbons (Fsp3) is 0.333. The summed E-state index contributed by atoms with van der Waals surface area (Å²) in [6, 6.07) is 8.43. The summed E-state index contributed by atoms with van der Waals surface area (Å²) < 4.78 is 0. The highest BCUT2D eigenvalue weighted by atomic mass is 16.3. The van der Waals surface area contributed by atoms with E-state index in [-0.39, 0.29) is 12.6 Å². The molecule has 3 heteroatoms. The van der Waals surface area contributed by atoms with Crippen LogP contribution in [0.15, 0.2) is 30.5 Å². The zero-order chi connectivity index (χ0) is 10.7. The molecule has 1 aromatic heterocycles. The van der Waals surface area contributed by atoms with Crippen LogP contribution in [0.1, 0.15) is 12.5 Å². The second kappa shape index (κ2) is 4.47. The van der Waals surface area contributed by atoms with Gasteiger partial charge in [-0.15, -0.1) is 0 Å². The molecular weight excluding hydrogens is 188 g/mol. The minimum atomic E-state index is 0.134. The maximum absolute atomic E-state index is 8.92. The second-order valence-corrected chi connectivity index (χ2v) is 3.82. The fourth-order valence-electron chi connectivity index (χ4n) is 1.65. The van der Waals surface area contributed by atoms with Crippen molar-refractivity contribution < 1.29 is 5.11 Å². The molecule has 15 heavy (non-hydrogen) atoms. The monoisotopic (exact) mass is 204 g/mol. The summed E-state index contributed by atoms with van der Waals surface area (Å²) in [5, 5.41) is 13.4. The zero-order valence-electron chi connectivity index (χ0n) is 8.83. The molecule has 80 valence electrons. The molecule has 0 unspecified atom stereocenters. The van der Waals surface area contributed by atoms with Crippen LogP contribution in [0.2, 0.25) is 0 Å². The number of aliphatic hydroxyl groups excluding tert-OH is 1. The van der Waals surface area contributed by atoms with Crippen LogP contribution in [0.3, 0.4) is 0 Å². The number of para-hydroxylation sites is 1. The molecule has 2 aromatic rings. The Kier molecular flexibility index (Phi) is 3.04. The SMILES string of the molecule is C[C@H](CO)NCc1cccc2cc[nH]c12. The van der Waals surface area contributed by atoms with Gasteiger partial charge < -0.3 is 15.4 Å². The van der Waals surface area contributed by atoms with Crippen LogP contribution in [-0.2, 0) is 6.54 Å². The van der Waals surface area contributed by atoms with Crippen molar-refractivity contribution in [2.45, 2.75) is 19.5 Å². The van der Waals surface area contributed by atoms with Crippen molar-refractivity contribution in [3.63, 3.8) is 0 Å². The van der Waals surface area contributed by atoms with Crippen LogP contribution in [0.5, 0.6) is 0 Å². The Morgan fingerprint density at radius 2 is 2.27 bits per heavy atom. The summed E-state index contributed by atoms with van der Waals surface area (Å²) >= 11 is 0. The average Bonchev–Trinajstić information content (AvgIpc) is 2.74. The Labute approximate surface area is 89.1 Å². The topological polar surface area (TPSA) is 48.0 Å². The highest BCUT2D eigenvalue weighted by Gasteiger charge is 2.03. The van der Waals surface area contributed by atoms with Crippen LogP contribution >= 0.6 is 0 Å². The first kappa shape index (κ1) is 10.2. The molecule has 2 rings (SSSR count). The quantitative estimate of drug-likeness (QED) is 0.709. The van der Waals surface area contributed by atoms with Gasteiger partial charge in [-0.2, -0.15) is 0 Å². The number of aromatic nitrogens is 1. The first-order chi connectivity index (χ1) is 7.31. The van der Waals surface area contributed by atoms with Crippen molar-refractivity contribution in [1.82, 2.24) is 10.3 Å². The van der Waals surface area contributed by atoms with E-state index in [9.17, 15) is 0 Å². The van der Waals surface area contributed by atoms with Gasteiger partial charge >= 0.3 is 0 Å². The van der Waals surface area contributed by atoms with Crippen molar-refractivity contribution in [3.05, 3.63) is 36.0 Å². The van der Waals surface area contributed by atoms with E-state index in [0.29, 0.717) is 0 Å². The number of fused-ring (bicyclic) bond motifs is 1. The van der Waals surface area contributed by atoms with Gasteiger partial charge in [-0.3, -0.25) is 0 Å². The predicted molar refractivity (Wildman–Crippen MR) is 61.7 cm³/mol. The Morgan fingerprint density at radius 3 is 3.07 bits per heavy atom. The number of hydrogen-bond donors (Lipinski definition) is 3. The molecule has 1 atom stereocenters. The van der Waals surface area contributed by atoms with Gasteiger partial charge in [-0.1, -0.05) is 18.2 Å². The maximum atomic E-state index is 8.92. The summed E-state index contributed by atoms with van der Waals surface area (Å²) in [5.41, 5.74) is 2.41. The molecule has 0 aliphatic carbocycles. The van der Waals surface area contributed by atoms with Gasteiger partial charge in [-0.05, 0) is 23.9 Å². The number of H-pyrrole nitrogens is 1. The molecule has 0 amide bonds. The number of rotatable bonds is 4. The lowest BCUT2D eigenvalue weighted by atomic mass is 10.1. The number of aliphatic hydroxyl groups is 1. The van der Waals surface area contributed by atoms with E-state index in [4.69, 9.17) is 5.11 Å². The number of nitrogens with one attached hydrogen (secondary N) is 2. The van der Waals surface area contributed by atoms with E-state index < -0.39 is 0 Å². The molecule has 1 aromatic carbocycles. The second-order valence-electron chi connectivity index (χ2n) is 3.82. The predicted octanol–water partition coefficient (Wildman–Crippen LogP) is 1.64. The molecule has 0 aliphatic heterocycles. The van der Waals surface area contributed by atoms with Crippen LogP contribution in [0, 0.1) is 0 Å². The molecule has 0 spiro atoms. The van der Waals surface area contributed by atoms with Crippen LogP contribution < -0.4 is 5.32 Å². The Bertz CT molecular complexity index is 436. The van der Waals surface area contributed by atoms with E-state index in [1.54, 1.807) is 0 Å². The summed E-state index contributed by atoms with van der Waals surface area (Å²) in [5.74, 6) is 0. The van der Waals surface area contributed by atoms with Crippen molar-refractivity contribution in [1.29, 1.82) is 0 Å². The van der Waals surface area contributed by atoms with Gasteiger partial charge in [0.15, 0.2) is 0 Å². The largest absolute Gasteiger partial charge is 0.395 e. The number of benzene rings is 1. The van der Waals surface area contributed by atoms with Gasteiger partial charge in [-0.25, -0.2) is 0 Å². The summed E-state index contributed by atoms with van der Waals surface area (Å²) in [7, 11) is 0. The number of aromatic amines is 1. The van der Waals surface area contributed by atoms with Crippen LogP contribution in [-0.4, -0.2) is 22.7 Å². The third-order valence-electron chi connectivity index (χ3n) is 2.59. The standard InChI is InChI=1S/C12H16N2O/c1-9(8-15)14-7-11-4-2-3-10-5-6-13-12(10)11/h2-6,9,13-15H,7-8H2,1H3/t9-/m1/s1. The molecule has 0 saturated carbocycles. The Balaban J connectivity index is 2.17. The summed E-state index contributed by atoms with van der Waals surface area (Å²) in [6.07, 6.45) is 1.95. The van der Waals surface area contributed by atoms with Crippen molar-refractivity contribution >= 4 is 10.9 Å². The molecule has 0 aliphatic rings. The minimum Gasteiger partial charge on any atom is -0.395 e. The summed E-state index contributed by atoms with van der Waals surface area (Å²) in [6.45, 7) is 2.91. The van der Waals surface area contributed by atoms with Crippen LogP contribution in [0.4, 0.5) is 0 Å². The van der Waals surface area contributed by atoms with Gasteiger partial charge in [0, 0.05) is 24.3 Å². The number of hydrogen-bond acceptors (Lipinski definition) is 2. The highest BCUT2D eigenvalue weighted by molar-refractivity contribution is 5.82. The first-order valence-corrected chi connectivity index (χ1v) is 5.20. The zero-order valence-corrected chi connectivity index (χ0v) is 8.83. The normalized spacial score (nSPS) is 13.2. The smallest absolute Gasteiger partial charge is 0.0582 e. The lowest BCUT2D eigenvalue weighted by molar-refractivity contribution is 0.251. The van der Waals surface area contributed by atoms with Gasteiger partial charge in [0.2, 0.25) is 0 Å². The highest BCUT2D eigenvalue weighted by Crippen LogP contribution is 2.16. The van der Waals surface area contributed by atoms with Gasteiger partial charge in [0.05, 0.1) is 6.61 Å². The van der Waals surface area contributed by atoms with Gasteiger partial charge in [0.1, 0.15) is 0 Å². The van der Waals surface area contributed by atoms with Crippen molar-refractivity contribution in [3.8, 4) is 0 Å². The average molecular weight is 204 g/mol. The van der Waals surface area contributed by atoms with E-state index >= 15 is 0 Å². The van der Waals surface area contributed by atoms with Crippen molar-refractivity contribution in [2.75, 3.05) is 6.61 Å². The minimum absolute atomic E-state index is 0.134. The molecule has 0 fully saturated rings. The summed E-state index contributed by atoms with van der Waals surface area (Å²) in [4.78, 5) is 3.23.